The highest BCUT2D eigenvalue weighted by molar-refractivity contribution is 7.22. The van der Waals surface area contributed by atoms with Crippen molar-refractivity contribution in [1.82, 2.24) is 19.4 Å². The average Bonchev–Trinajstić information content (AvgIpc) is 3.43. The number of anilines is 2. The van der Waals surface area contributed by atoms with E-state index in [9.17, 15) is 22.8 Å². The van der Waals surface area contributed by atoms with Crippen LogP contribution in [0.15, 0.2) is 36.4 Å². The fourth-order valence-corrected chi connectivity index (χ4v) is 5.15. The van der Waals surface area contributed by atoms with Gasteiger partial charge in [-0.15, -0.1) is 0 Å². The molecule has 0 bridgehead atoms. The number of amides is 1. The molecule has 0 atom stereocenters. The van der Waals surface area contributed by atoms with Gasteiger partial charge in [0.05, 0.1) is 40.0 Å². The van der Waals surface area contributed by atoms with Crippen LogP contribution in [-0.2, 0) is 22.8 Å². The van der Waals surface area contributed by atoms with Gasteiger partial charge in [0.2, 0.25) is 11.9 Å². The Kier molecular flexibility index (Phi) is 6.86. The lowest BCUT2D eigenvalue weighted by Gasteiger charge is -2.26. The summed E-state index contributed by atoms with van der Waals surface area (Å²) >= 11 is 1.10. The number of morpholine rings is 1. The summed E-state index contributed by atoms with van der Waals surface area (Å²) in [5.41, 5.74) is 1.62. The molecule has 1 aliphatic heterocycles. The summed E-state index contributed by atoms with van der Waals surface area (Å²) in [5.74, 6) is 0.422. The van der Waals surface area contributed by atoms with E-state index in [1.54, 1.807) is 34.7 Å². The van der Waals surface area contributed by atoms with Crippen LogP contribution in [0.3, 0.4) is 0 Å². The van der Waals surface area contributed by atoms with E-state index in [1.165, 1.54) is 6.07 Å². The van der Waals surface area contributed by atoms with E-state index >= 15 is 0 Å². The molecule has 4 aromatic rings. The number of thiazole rings is 1. The molecule has 0 spiro atoms. The van der Waals surface area contributed by atoms with Crippen molar-refractivity contribution in [2.75, 3.05) is 31.6 Å². The topological polar surface area (TPSA) is 89.3 Å². The number of ketones is 1. The van der Waals surface area contributed by atoms with Gasteiger partial charge in [0.15, 0.2) is 10.9 Å². The monoisotopic (exact) mass is 531 g/mol. The summed E-state index contributed by atoms with van der Waals surface area (Å²) in [7, 11) is 1.80. The fourth-order valence-electron chi connectivity index (χ4n) is 4.25. The Morgan fingerprint density at radius 2 is 1.84 bits per heavy atom. The molecule has 2 aromatic heterocycles. The number of fused-ring (bicyclic) bond motifs is 2. The Bertz CT molecular complexity index is 1470. The van der Waals surface area contributed by atoms with Crippen LogP contribution in [0.4, 0.5) is 24.3 Å². The summed E-state index contributed by atoms with van der Waals surface area (Å²) in [5, 5.41) is 3.49. The Morgan fingerprint density at radius 3 is 2.59 bits per heavy atom. The Balaban J connectivity index is 1.26. The molecular weight excluding hydrogens is 507 g/mol. The summed E-state index contributed by atoms with van der Waals surface area (Å²) in [6.45, 7) is 2.27. The molecule has 1 amide bonds. The summed E-state index contributed by atoms with van der Waals surface area (Å²) in [4.78, 5) is 35.7. The number of carbonyl (C=O) groups excluding carboxylic acids is 2. The quantitative estimate of drug-likeness (QED) is 0.332. The number of carbonyl (C=O) groups is 2. The van der Waals surface area contributed by atoms with Gasteiger partial charge in [0.25, 0.3) is 0 Å². The van der Waals surface area contributed by atoms with Gasteiger partial charge < -0.3 is 19.5 Å². The number of rotatable bonds is 7. The van der Waals surface area contributed by atoms with Crippen molar-refractivity contribution in [3.8, 4) is 0 Å². The molecule has 3 heterocycles. The highest BCUT2D eigenvalue weighted by atomic mass is 32.1. The number of hydrogen-bond acceptors (Lipinski definition) is 7. The van der Waals surface area contributed by atoms with Gasteiger partial charge in [-0.3, -0.25) is 9.59 Å². The minimum absolute atomic E-state index is 0.0384. The lowest BCUT2D eigenvalue weighted by molar-refractivity contribution is -0.137. The van der Waals surface area contributed by atoms with Gasteiger partial charge in [-0.2, -0.15) is 13.2 Å². The number of nitrogens with one attached hydrogen (secondary N) is 1. The second-order valence-electron chi connectivity index (χ2n) is 8.79. The van der Waals surface area contributed by atoms with Crippen molar-refractivity contribution in [2.45, 2.75) is 25.4 Å². The highest BCUT2D eigenvalue weighted by Gasteiger charge is 2.30. The number of alkyl halides is 3. The number of Topliss-reactive ketones (excluding diaryl/α,β-unsaturated/α-hetero) is 1. The second-order valence-corrected chi connectivity index (χ2v) is 9.82. The Labute approximate surface area is 214 Å². The molecule has 1 aliphatic rings. The number of aromatic nitrogens is 3. The van der Waals surface area contributed by atoms with Crippen LogP contribution in [0.5, 0.6) is 0 Å². The first-order chi connectivity index (χ1) is 17.7. The molecule has 194 valence electrons. The van der Waals surface area contributed by atoms with Crippen molar-refractivity contribution in [1.29, 1.82) is 0 Å². The molecule has 0 aliphatic carbocycles. The molecule has 1 N–H and O–H groups in total. The molecule has 37 heavy (non-hydrogen) atoms. The zero-order valence-corrected chi connectivity index (χ0v) is 20.8. The van der Waals surface area contributed by atoms with Crippen molar-refractivity contribution in [3.05, 3.63) is 47.5 Å². The van der Waals surface area contributed by atoms with Gasteiger partial charge in [0, 0.05) is 38.5 Å². The van der Waals surface area contributed by atoms with Crippen LogP contribution in [0.1, 0.15) is 35.2 Å². The van der Waals surface area contributed by atoms with Crippen LogP contribution in [0.25, 0.3) is 21.3 Å². The highest BCUT2D eigenvalue weighted by Crippen LogP contribution is 2.35. The maximum Gasteiger partial charge on any atom is 0.416 e. The summed E-state index contributed by atoms with van der Waals surface area (Å²) < 4.78 is 46.5. The number of benzene rings is 2. The number of nitrogens with zero attached hydrogens (tertiary/aromatic N) is 4. The van der Waals surface area contributed by atoms with E-state index in [2.05, 4.69) is 15.3 Å². The SMILES string of the molecule is Cn1c(Nc2nc3ccc(C(F)(F)F)cc3s2)nc2cc(C(=O)CCCC(=O)N3CCOCC3)ccc21. The fraction of sp³-hybridized carbons (Fsp3) is 0.360. The van der Waals surface area contributed by atoms with Crippen LogP contribution in [0.2, 0.25) is 0 Å². The maximum absolute atomic E-state index is 13.0. The molecule has 0 saturated carbocycles. The molecule has 2 aromatic carbocycles. The lowest BCUT2D eigenvalue weighted by atomic mass is 10.0. The lowest BCUT2D eigenvalue weighted by Crippen LogP contribution is -2.40. The first-order valence-electron chi connectivity index (χ1n) is 11.8. The molecule has 12 heteroatoms. The van der Waals surface area contributed by atoms with Crippen LogP contribution in [-0.4, -0.2) is 57.4 Å². The van der Waals surface area contributed by atoms with Gasteiger partial charge >= 0.3 is 6.18 Å². The van der Waals surface area contributed by atoms with Gasteiger partial charge in [0.1, 0.15) is 0 Å². The zero-order valence-electron chi connectivity index (χ0n) is 20.0. The van der Waals surface area contributed by atoms with E-state index < -0.39 is 11.7 Å². The largest absolute Gasteiger partial charge is 0.416 e. The minimum Gasteiger partial charge on any atom is -0.378 e. The van der Waals surface area contributed by atoms with Crippen molar-refractivity contribution < 1.29 is 27.5 Å². The normalized spacial score (nSPS) is 14.4. The first-order valence-corrected chi connectivity index (χ1v) is 12.6. The zero-order chi connectivity index (χ0) is 26.2. The smallest absolute Gasteiger partial charge is 0.378 e. The van der Waals surface area contributed by atoms with Gasteiger partial charge in [-0.05, 0) is 42.8 Å². The number of imidazole rings is 1. The molecule has 0 radical (unpaired) electrons. The third-order valence-electron chi connectivity index (χ3n) is 6.30. The number of ether oxygens (including phenoxy) is 1. The standard InChI is InChI=1S/C25H24F3N5O3S/c1-32-19-8-5-15(20(34)3-2-4-22(35)33-9-11-36-12-10-33)13-18(19)29-23(32)31-24-30-17-7-6-16(25(26,27)28)14-21(17)37-24/h5-8,13-14H,2-4,9-12H2,1H3,(H,29,30,31). The van der Waals surface area contributed by atoms with Gasteiger partial charge in [-0.25, -0.2) is 9.97 Å². The molecular formula is C25H24F3N5O3S. The molecule has 0 unspecified atom stereocenters. The Hall–Kier alpha value is -3.51. The Morgan fingerprint density at radius 1 is 1.05 bits per heavy atom. The van der Waals surface area contributed by atoms with Crippen molar-refractivity contribution >= 4 is 55.4 Å². The van der Waals surface area contributed by atoms with E-state index in [4.69, 9.17) is 4.74 Å². The molecule has 8 nitrogen and oxygen atoms in total. The van der Waals surface area contributed by atoms with Crippen molar-refractivity contribution in [3.63, 3.8) is 0 Å². The maximum atomic E-state index is 13.0. The van der Waals surface area contributed by atoms with E-state index in [1.807, 2.05) is 0 Å². The third kappa shape index (κ3) is 5.44. The third-order valence-corrected chi connectivity index (χ3v) is 7.23. The second kappa shape index (κ2) is 10.1. The molecule has 1 saturated heterocycles. The average molecular weight is 532 g/mol. The summed E-state index contributed by atoms with van der Waals surface area (Å²) in [6.07, 6.45) is -3.38. The van der Waals surface area contributed by atoms with Gasteiger partial charge in [-0.1, -0.05) is 11.3 Å². The predicted octanol–water partition coefficient (Wildman–Crippen LogP) is 5.16. The van der Waals surface area contributed by atoms with Crippen LogP contribution < -0.4 is 5.32 Å². The van der Waals surface area contributed by atoms with Crippen LogP contribution >= 0.6 is 11.3 Å². The number of hydrogen-bond donors (Lipinski definition) is 1. The first kappa shape index (κ1) is 25.2. The number of halogens is 3. The van der Waals surface area contributed by atoms with E-state index in [-0.39, 0.29) is 18.1 Å². The summed E-state index contributed by atoms with van der Waals surface area (Å²) in [6, 6.07) is 8.68. The predicted molar refractivity (Wildman–Crippen MR) is 134 cm³/mol. The number of aryl methyl sites for hydroxylation is 1. The van der Waals surface area contributed by atoms with E-state index in [0.29, 0.717) is 71.5 Å². The van der Waals surface area contributed by atoms with Crippen molar-refractivity contribution in [2.24, 2.45) is 7.05 Å². The minimum atomic E-state index is -4.42. The van der Waals surface area contributed by atoms with E-state index in [0.717, 1.165) is 29.0 Å². The molecule has 5 rings (SSSR count). The molecule has 1 fully saturated rings. The van der Waals surface area contributed by atoms with Crippen LogP contribution in [0, 0.1) is 0 Å².